The molecule has 0 saturated heterocycles. The van der Waals surface area contributed by atoms with Crippen LogP contribution >= 0.6 is 0 Å². The molecule has 1 radical (unpaired) electrons. The van der Waals surface area contributed by atoms with Crippen molar-refractivity contribution in [3.63, 3.8) is 0 Å². The van der Waals surface area contributed by atoms with Crippen molar-refractivity contribution in [1.82, 2.24) is 0 Å². The van der Waals surface area contributed by atoms with Gasteiger partial charge in [0.2, 0.25) is 0 Å². The molecule has 0 bridgehead atoms. The summed E-state index contributed by atoms with van der Waals surface area (Å²) >= 11 is 0. The average molecular weight is 163 g/mol. The molecule has 0 amide bonds. The van der Waals surface area contributed by atoms with E-state index in [9.17, 15) is 0 Å². The predicted molar refractivity (Wildman–Crippen MR) is 54.9 cm³/mol. The third kappa shape index (κ3) is 2.23. The molecule has 0 aliphatic heterocycles. The lowest BCUT2D eigenvalue weighted by molar-refractivity contribution is 0.828. The smallest absolute Gasteiger partial charge is 0.00162 e. The Labute approximate surface area is 76.4 Å². The lowest BCUT2D eigenvalue weighted by Gasteiger charge is -2.18. The highest BCUT2D eigenvalue weighted by Crippen LogP contribution is 2.29. The number of rotatable bonds is 3. The summed E-state index contributed by atoms with van der Waals surface area (Å²) in [5.74, 6) is 1.60. The number of hydrogen-bond acceptors (Lipinski definition) is 0. The summed E-state index contributed by atoms with van der Waals surface area (Å²) in [5, 5.41) is 0. The Bertz CT molecular complexity index is 196. The third-order valence-corrected chi connectivity index (χ3v) is 2.55. The van der Waals surface area contributed by atoms with Gasteiger partial charge in [0.05, 0.1) is 0 Å². The van der Waals surface area contributed by atoms with Crippen molar-refractivity contribution in [3.8, 4) is 0 Å². The number of hydrogen-bond donors (Lipinski definition) is 0. The fraction of sp³-hybridized carbons (Fsp3) is 0.583. The van der Waals surface area contributed by atoms with Crippen molar-refractivity contribution in [2.45, 2.75) is 46.5 Å². The normalized spacial score (nSPS) is 18.9. The van der Waals surface area contributed by atoms with Crippen LogP contribution in [0.15, 0.2) is 23.3 Å². The van der Waals surface area contributed by atoms with E-state index in [4.69, 9.17) is 0 Å². The van der Waals surface area contributed by atoms with Gasteiger partial charge < -0.3 is 0 Å². The van der Waals surface area contributed by atoms with Crippen LogP contribution in [0.25, 0.3) is 0 Å². The molecule has 0 aromatic rings. The molecule has 1 aliphatic carbocycles. The standard InChI is InChI=1S/C12H19/c1-4-10-7-11(5-2)9-12(6-3)8-10/h7-8H,4-6,9H2,1-3H3. The lowest BCUT2D eigenvalue weighted by Crippen LogP contribution is -2.01. The van der Waals surface area contributed by atoms with E-state index in [2.05, 4.69) is 32.9 Å². The topological polar surface area (TPSA) is 0 Å². The van der Waals surface area contributed by atoms with E-state index >= 15 is 0 Å². The Hall–Kier alpha value is -0.520. The van der Waals surface area contributed by atoms with E-state index in [1.54, 1.807) is 11.5 Å². The number of allylic oxidation sites excluding steroid dienone is 4. The van der Waals surface area contributed by atoms with E-state index in [-0.39, 0.29) is 0 Å². The zero-order valence-electron chi connectivity index (χ0n) is 8.48. The van der Waals surface area contributed by atoms with Gasteiger partial charge in [0, 0.05) is 5.92 Å². The molecule has 67 valence electrons. The van der Waals surface area contributed by atoms with Crippen LogP contribution in [-0.2, 0) is 0 Å². The zero-order valence-corrected chi connectivity index (χ0v) is 8.48. The van der Waals surface area contributed by atoms with Crippen molar-refractivity contribution in [2.24, 2.45) is 0 Å². The highest BCUT2D eigenvalue weighted by Gasteiger charge is 2.11. The molecular formula is C12H19. The van der Waals surface area contributed by atoms with Crippen LogP contribution in [0.4, 0.5) is 0 Å². The third-order valence-electron chi connectivity index (χ3n) is 2.55. The summed E-state index contributed by atoms with van der Waals surface area (Å²) in [6, 6.07) is 0. The summed E-state index contributed by atoms with van der Waals surface area (Å²) in [4.78, 5) is 0. The maximum Gasteiger partial charge on any atom is 0.00162 e. The highest BCUT2D eigenvalue weighted by atomic mass is 14.2. The van der Waals surface area contributed by atoms with Crippen LogP contribution in [0.1, 0.15) is 46.5 Å². The Morgan fingerprint density at radius 3 is 2.25 bits per heavy atom. The minimum absolute atomic E-state index is 1.17. The van der Waals surface area contributed by atoms with Gasteiger partial charge in [-0.3, -0.25) is 0 Å². The summed E-state index contributed by atoms with van der Waals surface area (Å²) in [6.45, 7) is 6.73. The fourth-order valence-corrected chi connectivity index (χ4v) is 1.62. The summed E-state index contributed by atoms with van der Waals surface area (Å²) < 4.78 is 0. The van der Waals surface area contributed by atoms with Crippen molar-refractivity contribution < 1.29 is 0 Å². The molecule has 1 aliphatic rings. The molecule has 12 heavy (non-hydrogen) atoms. The predicted octanol–water partition coefficient (Wildman–Crippen LogP) is 4.05. The first-order valence-corrected chi connectivity index (χ1v) is 5.04. The first-order chi connectivity index (χ1) is 5.80. The monoisotopic (exact) mass is 163 g/mol. The Balaban J connectivity index is 2.70. The van der Waals surface area contributed by atoms with Crippen LogP contribution in [-0.4, -0.2) is 0 Å². The Morgan fingerprint density at radius 1 is 1.00 bits per heavy atom. The molecule has 1 rings (SSSR count). The first kappa shape index (κ1) is 9.57. The van der Waals surface area contributed by atoms with E-state index in [0.717, 1.165) is 0 Å². The maximum absolute atomic E-state index is 2.37. The highest BCUT2D eigenvalue weighted by molar-refractivity contribution is 5.36. The second-order valence-corrected chi connectivity index (χ2v) is 3.42. The van der Waals surface area contributed by atoms with Gasteiger partial charge in [0.15, 0.2) is 0 Å². The molecule has 0 saturated carbocycles. The summed E-state index contributed by atoms with van der Waals surface area (Å²) in [6.07, 6.45) is 9.56. The molecule has 0 N–H and O–H groups in total. The average Bonchev–Trinajstić information content (AvgIpc) is 2.16. The van der Waals surface area contributed by atoms with Crippen LogP contribution < -0.4 is 0 Å². The van der Waals surface area contributed by atoms with Gasteiger partial charge in [-0.1, -0.05) is 44.1 Å². The molecule has 0 aromatic carbocycles. The second kappa shape index (κ2) is 4.49. The second-order valence-electron chi connectivity index (χ2n) is 3.42. The molecule has 0 atom stereocenters. The Kier molecular flexibility index (Phi) is 3.58. The molecule has 0 unspecified atom stereocenters. The van der Waals surface area contributed by atoms with Crippen LogP contribution in [0.2, 0.25) is 0 Å². The van der Waals surface area contributed by atoms with Gasteiger partial charge in [-0.2, -0.15) is 0 Å². The minimum Gasteiger partial charge on any atom is -0.0739 e. The van der Waals surface area contributed by atoms with Gasteiger partial charge in [-0.15, -0.1) is 0 Å². The maximum atomic E-state index is 2.37. The SMILES string of the molecule is CC[C]1C=C(CC)C=C(CC)C1. The molecule has 0 fully saturated rings. The van der Waals surface area contributed by atoms with Crippen LogP contribution in [0, 0.1) is 5.92 Å². The van der Waals surface area contributed by atoms with Crippen molar-refractivity contribution >= 4 is 0 Å². The molecule has 0 spiro atoms. The summed E-state index contributed by atoms with van der Waals surface area (Å²) in [5.41, 5.74) is 3.11. The van der Waals surface area contributed by atoms with Crippen molar-refractivity contribution in [1.29, 1.82) is 0 Å². The van der Waals surface area contributed by atoms with Crippen molar-refractivity contribution in [3.05, 3.63) is 29.2 Å². The lowest BCUT2D eigenvalue weighted by atomic mass is 9.87. The quantitative estimate of drug-likeness (QED) is 0.589. The van der Waals surface area contributed by atoms with E-state index in [1.807, 2.05) is 0 Å². The largest absolute Gasteiger partial charge is 0.0739 e. The van der Waals surface area contributed by atoms with E-state index in [1.165, 1.54) is 31.3 Å². The van der Waals surface area contributed by atoms with Gasteiger partial charge in [0.25, 0.3) is 0 Å². The fourth-order valence-electron chi connectivity index (χ4n) is 1.62. The first-order valence-electron chi connectivity index (χ1n) is 5.04. The van der Waals surface area contributed by atoms with Gasteiger partial charge >= 0.3 is 0 Å². The summed E-state index contributed by atoms with van der Waals surface area (Å²) in [7, 11) is 0. The van der Waals surface area contributed by atoms with Gasteiger partial charge in [-0.25, -0.2) is 0 Å². The van der Waals surface area contributed by atoms with Gasteiger partial charge in [-0.05, 0) is 25.7 Å². The Morgan fingerprint density at radius 2 is 1.75 bits per heavy atom. The van der Waals surface area contributed by atoms with E-state index in [0.29, 0.717) is 0 Å². The minimum atomic E-state index is 1.17. The molecule has 0 aromatic heterocycles. The molecule has 0 heterocycles. The van der Waals surface area contributed by atoms with Crippen LogP contribution in [0.5, 0.6) is 0 Å². The van der Waals surface area contributed by atoms with Gasteiger partial charge in [0.1, 0.15) is 0 Å². The van der Waals surface area contributed by atoms with Crippen molar-refractivity contribution in [2.75, 3.05) is 0 Å². The molecular weight excluding hydrogens is 144 g/mol. The van der Waals surface area contributed by atoms with E-state index < -0.39 is 0 Å². The molecule has 0 nitrogen and oxygen atoms in total. The van der Waals surface area contributed by atoms with Crippen LogP contribution in [0.3, 0.4) is 0 Å². The molecule has 0 heteroatoms. The zero-order chi connectivity index (χ0) is 8.97.